The van der Waals surface area contributed by atoms with Gasteiger partial charge >= 0.3 is 0 Å². The van der Waals surface area contributed by atoms with E-state index < -0.39 is 6.10 Å². The van der Waals surface area contributed by atoms with Crippen molar-refractivity contribution in [1.29, 1.82) is 0 Å². The number of likely N-dealkylation sites (N-methyl/N-ethyl adjacent to an activating group) is 1. The second kappa shape index (κ2) is 6.67. The summed E-state index contributed by atoms with van der Waals surface area (Å²) >= 11 is 5.89. The predicted molar refractivity (Wildman–Crippen MR) is 85.3 cm³/mol. The summed E-state index contributed by atoms with van der Waals surface area (Å²) in [5.41, 5.74) is 1.77. The maximum Gasteiger partial charge on any atom is 0.267 e. The molecule has 22 heavy (non-hydrogen) atoms. The second-order valence-electron chi connectivity index (χ2n) is 5.77. The Morgan fingerprint density at radius 2 is 2.05 bits per heavy atom. The molecule has 0 aliphatic carbocycles. The largest absolute Gasteiger partial charge is 0.382 e. The monoisotopic (exact) mass is 322 g/mol. The number of rotatable bonds is 3. The summed E-state index contributed by atoms with van der Waals surface area (Å²) in [6, 6.07) is 7.45. The van der Waals surface area contributed by atoms with Gasteiger partial charge in [-0.3, -0.25) is 4.79 Å². The Morgan fingerprint density at radius 3 is 2.68 bits per heavy atom. The number of piperazine rings is 1. The molecule has 0 radical (unpaired) electrons. The molecule has 1 saturated heterocycles. The van der Waals surface area contributed by atoms with Gasteiger partial charge in [0.05, 0.1) is 38.4 Å². The lowest BCUT2D eigenvalue weighted by Crippen LogP contribution is -3.14. The first-order valence-electron chi connectivity index (χ1n) is 7.78. The van der Waals surface area contributed by atoms with E-state index in [0.717, 1.165) is 44.0 Å². The third kappa shape index (κ3) is 3.25. The summed E-state index contributed by atoms with van der Waals surface area (Å²) in [7, 11) is 0. The van der Waals surface area contributed by atoms with Crippen LogP contribution in [0.25, 0.3) is 0 Å². The Kier molecular flexibility index (Phi) is 4.64. The van der Waals surface area contributed by atoms with Crippen molar-refractivity contribution in [2.45, 2.75) is 19.4 Å². The van der Waals surface area contributed by atoms with Crippen LogP contribution < -0.4 is 4.90 Å². The zero-order valence-electron chi connectivity index (χ0n) is 12.7. The van der Waals surface area contributed by atoms with Crippen molar-refractivity contribution in [2.24, 2.45) is 5.16 Å². The Morgan fingerprint density at radius 1 is 1.36 bits per heavy atom. The molecule has 0 saturated carbocycles. The highest BCUT2D eigenvalue weighted by atomic mass is 35.5. The zero-order valence-corrected chi connectivity index (χ0v) is 13.5. The number of nitrogens with zero attached hydrogens (tertiary/aromatic N) is 2. The number of carbonyl (C=O) groups is 1. The van der Waals surface area contributed by atoms with Gasteiger partial charge in [0.2, 0.25) is 6.10 Å². The highest BCUT2D eigenvalue weighted by Crippen LogP contribution is 2.20. The maximum absolute atomic E-state index is 12.5. The van der Waals surface area contributed by atoms with Crippen molar-refractivity contribution in [3.8, 4) is 0 Å². The molecule has 2 aliphatic heterocycles. The lowest BCUT2D eigenvalue weighted by Gasteiger charge is -2.32. The molecule has 2 aliphatic rings. The van der Waals surface area contributed by atoms with Gasteiger partial charge in [-0.05, 0) is 24.6 Å². The number of benzene rings is 1. The molecule has 1 N–H and O–H groups in total. The number of halogens is 1. The fourth-order valence-electron chi connectivity index (χ4n) is 2.92. The van der Waals surface area contributed by atoms with Crippen LogP contribution in [-0.2, 0) is 9.63 Å². The van der Waals surface area contributed by atoms with Crippen LogP contribution in [-0.4, -0.2) is 55.3 Å². The first-order valence-corrected chi connectivity index (χ1v) is 8.16. The van der Waals surface area contributed by atoms with Crippen molar-refractivity contribution in [3.05, 3.63) is 34.9 Å². The van der Waals surface area contributed by atoms with Crippen molar-refractivity contribution in [2.75, 3.05) is 32.7 Å². The average Bonchev–Trinajstić information content (AvgIpc) is 3.05. The molecule has 5 nitrogen and oxygen atoms in total. The van der Waals surface area contributed by atoms with Crippen LogP contribution >= 0.6 is 11.6 Å². The first kappa shape index (κ1) is 15.3. The molecule has 1 atom stereocenters. The van der Waals surface area contributed by atoms with Gasteiger partial charge < -0.3 is 14.6 Å². The Bertz CT molecular complexity index is 565. The second-order valence-corrected chi connectivity index (χ2v) is 6.21. The minimum absolute atomic E-state index is 0.0582. The van der Waals surface area contributed by atoms with Gasteiger partial charge in [-0.15, -0.1) is 0 Å². The predicted octanol–water partition coefficient (Wildman–Crippen LogP) is 0.580. The highest BCUT2D eigenvalue weighted by molar-refractivity contribution is 6.30. The van der Waals surface area contributed by atoms with E-state index in [2.05, 4.69) is 12.1 Å². The molecule has 0 bridgehead atoms. The third-order valence-corrected chi connectivity index (χ3v) is 4.66. The molecule has 118 valence electrons. The number of quaternary nitrogens is 1. The van der Waals surface area contributed by atoms with Gasteiger partial charge in [-0.25, -0.2) is 0 Å². The van der Waals surface area contributed by atoms with E-state index in [1.165, 1.54) is 0 Å². The molecule has 6 heteroatoms. The van der Waals surface area contributed by atoms with Crippen LogP contribution in [0.2, 0.25) is 5.02 Å². The van der Waals surface area contributed by atoms with Crippen LogP contribution in [0.3, 0.4) is 0 Å². The number of hydrogen-bond donors (Lipinski definition) is 1. The average molecular weight is 323 g/mol. The van der Waals surface area contributed by atoms with Gasteiger partial charge in [0, 0.05) is 11.4 Å². The minimum atomic E-state index is -0.478. The van der Waals surface area contributed by atoms with E-state index in [4.69, 9.17) is 16.4 Å². The summed E-state index contributed by atoms with van der Waals surface area (Å²) in [5, 5.41) is 4.77. The number of hydrogen-bond acceptors (Lipinski definition) is 3. The van der Waals surface area contributed by atoms with E-state index >= 15 is 0 Å². The summed E-state index contributed by atoms with van der Waals surface area (Å²) in [5.74, 6) is 0.0582. The number of amides is 1. The SMILES string of the molecule is CC[NH+]1CCN(C(=O)[C@@H]2CC(c3ccc(Cl)cc3)=NO2)CC1. The molecule has 0 aromatic heterocycles. The van der Waals surface area contributed by atoms with Crippen LogP contribution in [0.5, 0.6) is 0 Å². The number of nitrogens with one attached hydrogen (secondary N) is 1. The molecule has 1 aromatic rings. The molecule has 2 heterocycles. The molecule has 3 rings (SSSR count). The Hall–Kier alpha value is -1.59. The van der Waals surface area contributed by atoms with E-state index in [1.54, 1.807) is 4.90 Å². The van der Waals surface area contributed by atoms with Crippen LogP contribution in [0, 0.1) is 0 Å². The maximum atomic E-state index is 12.5. The number of oxime groups is 1. The fourth-order valence-corrected chi connectivity index (χ4v) is 3.05. The van der Waals surface area contributed by atoms with E-state index in [1.807, 2.05) is 29.2 Å². The van der Waals surface area contributed by atoms with Crippen LogP contribution in [0.1, 0.15) is 18.9 Å². The molecular weight excluding hydrogens is 302 g/mol. The van der Waals surface area contributed by atoms with Crippen molar-refractivity contribution in [1.82, 2.24) is 4.90 Å². The van der Waals surface area contributed by atoms with Crippen molar-refractivity contribution < 1.29 is 14.5 Å². The Labute approximate surface area is 135 Å². The molecular formula is C16H21ClN3O2+. The minimum Gasteiger partial charge on any atom is -0.382 e. The first-order chi connectivity index (χ1) is 10.7. The summed E-state index contributed by atoms with van der Waals surface area (Å²) in [6.07, 6.45) is 0.0512. The smallest absolute Gasteiger partial charge is 0.267 e. The Balaban J connectivity index is 1.57. The fraction of sp³-hybridized carbons (Fsp3) is 0.500. The molecule has 1 amide bonds. The zero-order chi connectivity index (χ0) is 15.5. The molecule has 1 aromatic carbocycles. The van der Waals surface area contributed by atoms with Crippen molar-refractivity contribution in [3.63, 3.8) is 0 Å². The lowest BCUT2D eigenvalue weighted by atomic mass is 10.0. The molecule has 0 spiro atoms. The van der Waals surface area contributed by atoms with Gasteiger partial charge in [0.1, 0.15) is 0 Å². The van der Waals surface area contributed by atoms with Crippen molar-refractivity contribution >= 4 is 23.2 Å². The standard InChI is InChI=1S/C16H20ClN3O2/c1-2-19-7-9-20(10-8-19)16(21)15-11-14(18-22-15)12-3-5-13(17)6-4-12/h3-6,15H,2,7-11H2,1H3/p+1/t15-/m0/s1. The van der Waals surface area contributed by atoms with E-state index in [9.17, 15) is 4.79 Å². The topological polar surface area (TPSA) is 46.3 Å². The van der Waals surface area contributed by atoms with Gasteiger partial charge in [-0.1, -0.05) is 28.9 Å². The summed E-state index contributed by atoms with van der Waals surface area (Å²) < 4.78 is 0. The van der Waals surface area contributed by atoms with Gasteiger partial charge in [0.15, 0.2) is 0 Å². The van der Waals surface area contributed by atoms with Gasteiger partial charge in [0.25, 0.3) is 5.91 Å². The quantitative estimate of drug-likeness (QED) is 0.885. The highest BCUT2D eigenvalue weighted by Gasteiger charge is 2.34. The van der Waals surface area contributed by atoms with Crippen LogP contribution in [0.15, 0.2) is 29.4 Å². The van der Waals surface area contributed by atoms with Gasteiger partial charge in [-0.2, -0.15) is 0 Å². The summed E-state index contributed by atoms with van der Waals surface area (Å²) in [4.78, 5) is 21.4. The molecule has 1 fully saturated rings. The van der Waals surface area contributed by atoms with E-state index in [0.29, 0.717) is 11.4 Å². The third-order valence-electron chi connectivity index (χ3n) is 4.40. The molecule has 0 unspecified atom stereocenters. The normalized spacial score (nSPS) is 22.4. The lowest BCUT2D eigenvalue weighted by molar-refractivity contribution is -0.902. The van der Waals surface area contributed by atoms with E-state index in [-0.39, 0.29) is 5.91 Å². The number of carbonyl (C=O) groups excluding carboxylic acids is 1. The summed E-state index contributed by atoms with van der Waals surface area (Å²) in [6.45, 7) is 6.93. The van der Waals surface area contributed by atoms with Crippen LogP contribution in [0.4, 0.5) is 0 Å².